The SMILES string of the molecule is Cc1nc(C2COc3ccccc3C2)nc(Cl)c1F. The molecule has 5 heteroatoms. The Morgan fingerprint density at radius 3 is 2.89 bits per heavy atom. The summed E-state index contributed by atoms with van der Waals surface area (Å²) in [6.07, 6.45) is 0.775. The summed E-state index contributed by atoms with van der Waals surface area (Å²) in [7, 11) is 0. The molecule has 0 saturated carbocycles. The van der Waals surface area contributed by atoms with Crippen LogP contribution in [0.5, 0.6) is 5.75 Å². The van der Waals surface area contributed by atoms with Gasteiger partial charge in [0.2, 0.25) is 0 Å². The fourth-order valence-electron chi connectivity index (χ4n) is 2.22. The number of nitrogens with zero attached hydrogens (tertiary/aromatic N) is 2. The summed E-state index contributed by atoms with van der Waals surface area (Å²) in [5.41, 5.74) is 1.38. The third kappa shape index (κ3) is 2.28. The number of rotatable bonds is 1. The molecule has 0 radical (unpaired) electrons. The summed E-state index contributed by atoms with van der Waals surface area (Å²) in [6.45, 7) is 2.07. The third-order valence-corrected chi connectivity index (χ3v) is 3.49. The lowest BCUT2D eigenvalue weighted by Gasteiger charge is -2.24. The Morgan fingerprint density at radius 2 is 2.11 bits per heavy atom. The molecule has 2 heterocycles. The highest BCUT2D eigenvalue weighted by Crippen LogP contribution is 2.31. The number of hydrogen-bond donors (Lipinski definition) is 0. The zero-order valence-electron chi connectivity index (χ0n) is 10.4. The summed E-state index contributed by atoms with van der Waals surface area (Å²) in [5, 5.41) is -0.124. The van der Waals surface area contributed by atoms with E-state index in [1.165, 1.54) is 0 Å². The normalized spacial score (nSPS) is 17.7. The first-order chi connectivity index (χ1) is 9.15. The second-order valence-corrected chi connectivity index (χ2v) is 4.95. The number of halogens is 2. The lowest BCUT2D eigenvalue weighted by atomic mass is 9.96. The van der Waals surface area contributed by atoms with Crippen LogP contribution in [0, 0.1) is 12.7 Å². The summed E-state index contributed by atoms with van der Waals surface area (Å²) >= 11 is 5.77. The van der Waals surface area contributed by atoms with Crippen molar-refractivity contribution < 1.29 is 9.13 Å². The van der Waals surface area contributed by atoms with E-state index in [0.717, 1.165) is 17.7 Å². The second-order valence-electron chi connectivity index (χ2n) is 4.59. The van der Waals surface area contributed by atoms with E-state index < -0.39 is 5.82 Å². The van der Waals surface area contributed by atoms with Crippen LogP contribution in [-0.2, 0) is 6.42 Å². The summed E-state index contributed by atoms with van der Waals surface area (Å²) in [5.74, 6) is 0.885. The molecule has 3 nitrogen and oxygen atoms in total. The van der Waals surface area contributed by atoms with Crippen LogP contribution in [0.15, 0.2) is 24.3 Å². The minimum absolute atomic E-state index is 0.00620. The largest absolute Gasteiger partial charge is 0.493 e. The van der Waals surface area contributed by atoms with Gasteiger partial charge in [0.25, 0.3) is 0 Å². The predicted octanol–water partition coefficient (Wildman–Crippen LogP) is 3.30. The highest BCUT2D eigenvalue weighted by molar-refractivity contribution is 6.29. The molecule has 1 aromatic heterocycles. The maximum atomic E-state index is 13.4. The van der Waals surface area contributed by atoms with Gasteiger partial charge in [-0.1, -0.05) is 29.8 Å². The zero-order chi connectivity index (χ0) is 13.4. The summed E-state index contributed by atoms with van der Waals surface area (Å²) < 4.78 is 19.1. The third-order valence-electron chi connectivity index (χ3n) is 3.24. The van der Waals surface area contributed by atoms with Gasteiger partial charge in [0.15, 0.2) is 11.0 Å². The maximum Gasteiger partial charge on any atom is 0.181 e. The van der Waals surface area contributed by atoms with Gasteiger partial charge in [-0.15, -0.1) is 0 Å². The second kappa shape index (κ2) is 4.78. The minimum Gasteiger partial charge on any atom is -0.493 e. The first-order valence-corrected chi connectivity index (χ1v) is 6.43. The van der Waals surface area contributed by atoms with Crippen LogP contribution in [-0.4, -0.2) is 16.6 Å². The quantitative estimate of drug-likeness (QED) is 0.751. The van der Waals surface area contributed by atoms with E-state index in [4.69, 9.17) is 16.3 Å². The number of benzene rings is 1. The molecule has 1 atom stereocenters. The Balaban J connectivity index is 1.93. The van der Waals surface area contributed by atoms with E-state index in [-0.39, 0.29) is 16.8 Å². The number of aromatic nitrogens is 2. The molecule has 0 aliphatic carbocycles. The first kappa shape index (κ1) is 12.4. The van der Waals surface area contributed by atoms with Crippen molar-refractivity contribution in [1.82, 2.24) is 9.97 Å². The molecular formula is C14H12ClFN2O. The maximum absolute atomic E-state index is 13.4. The van der Waals surface area contributed by atoms with Crippen LogP contribution in [0.4, 0.5) is 4.39 Å². The average Bonchev–Trinajstić information content (AvgIpc) is 2.43. The molecule has 2 aromatic rings. The Hall–Kier alpha value is -1.68. The standard InChI is InChI=1S/C14H12ClFN2O/c1-8-12(16)13(15)18-14(17-8)10-6-9-4-2-3-5-11(9)19-7-10/h2-5,10H,6-7H2,1H3. The topological polar surface area (TPSA) is 35.0 Å². The molecule has 19 heavy (non-hydrogen) atoms. The molecular weight excluding hydrogens is 267 g/mol. The molecule has 0 saturated heterocycles. The molecule has 1 aliphatic heterocycles. The van der Waals surface area contributed by atoms with Crippen molar-refractivity contribution in [3.63, 3.8) is 0 Å². The van der Waals surface area contributed by atoms with E-state index in [0.29, 0.717) is 12.4 Å². The number of hydrogen-bond acceptors (Lipinski definition) is 3. The van der Waals surface area contributed by atoms with Crippen LogP contribution in [0.3, 0.4) is 0 Å². The van der Waals surface area contributed by atoms with Gasteiger partial charge < -0.3 is 4.74 Å². The number of para-hydroxylation sites is 1. The van der Waals surface area contributed by atoms with Crippen LogP contribution < -0.4 is 4.74 Å². The van der Waals surface area contributed by atoms with Gasteiger partial charge in [-0.3, -0.25) is 0 Å². The molecule has 0 spiro atoms. The predicted molar refractivity (Wildman–Crippen MR) is 70.1 cm³/mol. The van der Waals surface area contributed by atoms with Crippen LogP contribution in [0.1, 0.15) is 23.0 Å². The molecule has 1 unspecified atom stereocenters. The molecule has 0 fully saturated rings. The van der Waals surface area contributed by atoms with Gasteiger partial charge >= 0.3 is 0 Å². The minimum atomic E-state index is -0.553. The number of fused-ring (bicyclic) bond motifs is 1. The van der Waals surface area contributed by atoms with Gasteiger partial charge in [0.1, 0.15) is 11.6 Å². The van der Waals surface area contributed by atoms with Crippen molar-refractivity contribution in [1.29, 1.82) is 0 Å². The van der Waals surface area contributed by atoms with Gasteiger partial charge in [-0.05, 0) is 25.0 Å². The van der Waals surface area contributed by atoms with E-state index >= 15 is 0 Å². The highest BCUT2D eigenvalue weighted by atomic mass is 35.5. The molecule has 0 bridgehead atoms. The molecule has 98 valence electrons. The number of ether oxygens (including phenoxy) is 1. The smallest absolute Gasteiger partial charge is 0.181 e. The fourth-order valence-corrected chi connectivity index (χ4v) is 2.44. The Labute approximate surface area is 115 Å². The van der Waals surface area contributed by atoms with Gasteiger partial charge in [0, 0.05) is 0 Å². The van der Waals surface area contributed by atoms with Crippen LogP contribution >= 0.6 is 11.6 Å². The van der Waals surface area contributed by atoms with E-state index in [9.17, 15) is 4.39 Å². The lowest BCUT2D eigenvalue weighted by molar-refractivity contribution is 0.257. The molecule has 1 aliphatic rings. The van der Waals surface area contributed by atoms with Crippen molar-refractivity contribution in [2.45, 2.75) is 19.3 Å². The van der Waals surface area contributed by atoms with Gasteiger partial charge in [0.05, 0.1) is 18.2 Å². The van der Waals surface area contributed by atoms with Gasteiger partial charge in [-0.25, -0.2) is 14.4 Å². The van der Waals surface area contributed by atoms with Crippen molar-refractivity contribution in [3.8, 4) is 5.75 Å². The monoisotopic (exact) mass is 278 g/mol. The molecule has 1 aromatic carbocycles. The first-order valence-electron chi connectivity index (χ1n) is 6.05. The van der Waals surface area contributed by atoms with Crippen LogP contribution in [0.2, 0.25) is 5.15 Å². The van der Waals surface area contributed by atoms with E-state index in [1.807, 2.05) is 24.3 Å². The van der Waals surface area contributed by atoms with Crippen molar-refractivity contribution in [2.24, 2.45) is 0 Å². The summed E-state index contributed by atoms with van der Waals surface area (Å²) in [6, 6.07) is 7.86. The lowest BCUT2D eigenvalue weighted by Crippen LogP contribution is -2.21. The number of aryl methyl sites for hydroxylation is 1. The van der Waals surface area contributed by atoms with Crippen molar-refractivity contribution in [3.05, 3.63) is 52.3 Å². The van der Waals surface area contributed by atoms with Crippen molar-refractivity contribution in [2.75, 3.05) is 6.61 Å². The van der Waals surface area contributed by atoms with E-state index in [2.05, 4.69) is 9.97 Å². The fraction of sp³-hybridized carbons (Fsp3) is 0.286. The Morgan fingerprint density at radius 1 is 1.32 bits per heavy atom. The van der Waals surface area contributed by atoms with Gasteiger partial charge in [-0.2, -0.15) is 0 Å². The highest BCUT2D eigenvalue weighted by Gasteiger charge is 2.24. The Kier molecular flexibility index (Phi) is 3.11. The zero-order valence-corrected chi connectivity index (χ0v) is 11.1. The van der Waals surface area contributed by atoms with Crippen molar-refractivity contribution >= 4 is 11.6 Å². The summed E-state index contributed by atoms with van der Waals surface area (Å²) in [4.78, 5) is 8.21. The van der Waals surface area contributed by atoms with Crippen LogP contribution in [0.25, 0.3) is 0 Å². The van der Waals surface area contributed by atoms with E-state index in [1.54, 1.807) is 6.92 Å². The average molecular weight is 279 g/mol. The molecule has 0 N–H and O–H groups in total. The molecule has 3 rings (SSSR count). The Bertz CT molecular complexity index is 610. The molecule has 0 amide bonds.